The zero-order valence-corrected chi connectivity index (χ0v) is 23.8. The molecule has 2 atom stereocenters. The molecule has 4 rings (SSSR count). The topological polar surface area (TPSA) is 83.9 Å². The number of benzene rings is 4. The molecule has 0 bridgehead atoms. The van der Waals surface area contributed by atoms with Gasteiger partial charge in [0.1, 0.15) is 5.60 Å². The van der Waals surface area contributed by atoms with E-state index in [0.717, 1.165) is 22.9 Å². The lowest BCUT2D eigenvalue weighted by molar-refractivity contribution is -0.168. The molecule has 0 aliphatic carbocycles. The van der Waals surface area contributed by atoms with Crippen LogP contribution in [0.25, 0.3) is 10.8 Å². The number of esters is 1. The number of rotatable bonds is 9. The van der Waals surface area contributed by atoms with Gasteiger partial charge in [-0.2, -0.15) is 8.42 Å². The molecule has 0 spiro atoms. The van der Waals surface area contributed by atoms with Crippen molar-refractivity contribution in [1.82, 2.24) is 4.90 Å². The summed E-state index contributed by atoms with van der Waals surface area (Å²) < 4.78 is 36.7. The lowest BCUT2D eigenvalue weighted by Crippen LogP contribution is -2.44. The Kier molecular flexibility index (Phi) is 10.4. The van der Waals surface area contributed by atoms with E-state index in [4.69, 9.17) is 9.29 Å². The number of ether oxygens (including phenoxy) is 1. The van der Waals surface area contributed by atoms with E-state index in [2.05, 4.69) is 50.2 Å². The van der Waals surface area contributed by atoms with E-state index in [-0.39, 0.29) is 16.8 Å². The van der Waals surface area contributed by atoms with Crippen LogP contribution in [0.2, 0.25) is 0 Å². The first-order valence-corrected chi connectivity index (χ1v) is 14.4. The minimum absolute atomic E-state index is 0.0730. The van der Waals surface area contributed by atoms with E-state index in [9.17, 15) is 13.2 Å². The maximum Gasteiger partial charge on any atom is 0.306 e. The SMILES string of the molecule is CCC(=O)O[C@](Cc1ccccc1)(c1ccccc1)[C@@H](C)CN(C)C.O=S(=O)(O)c1ccc2ccccc2c1. The van der Waals surface area contributed by atoms with Gasteiger partial charge in [0.15, 0.2) is 0 Å². The summed E-state index contributed by atoms with van der Waals surface area (Å²) in [5.74, 6) is -0.0222. The third kappa shape index (κ3) is 8.23. The summed E-state index contributed by atoms with van der Waals surface area (Å²) in [5, 5.41) is 1.74. The van der Waals surface area contributed by atoms with Crippen molar-refractivity contribution in [1.29, 1.82) is 0 Å². The van der Waals surface area contributed by atoms with Crippen LogP contribution < -0.4 is 0 Å². The van der Waals surface area contributed by atoms with E-state index >= 15 is 0 Å². The van der Waals surface area contributed by atoms with Crippen molar-refractivity contribution in [3.63, 3.8) is 0 Å². The third-order valence-corrected chi connectivity index (χ3v) is 7.46. The molecule has 1 N–H and O–H groups in total. The zero-order chi connectivity index (χ0) is 28.5. The number of hydrogen-bond acceptors (Lipinski definition) is 5. The molecule has 7 heteroatoms. The highest BCUT2D eigenvalue weighted by atomic mass is 32.2. The van der Waals surface area contributed by atoms with Crippen LogP contribution in [0.5, 0.6) is 0 Å². The fraction of sp³-hybridized carbons (Fsp3) is 0.281. The van der Waals surface area contributed by atoms with Crippen LogP contribution in [0.4, 0.5) is 0 Å². The summed E-state index contributed by atoms with van der Waals surface area (Å²) in [4.78, 5) is 14.4. The van der Waals surface area contributed by atoms with Crippen LogP contribution in [0.3, 0.4) is 0 Å². The molecule has 0 aliphatic rings. The van der Waals surface area contributed by atoms with Gasteiger partial charge in [-0.3, -0.25) is 9.35 Å². The predicted octanol–water partition coefficient (Wildman–Crippen LogP) is 6.36. The Morgan fingerprint density at radius 3 is 2.00 bits per heavy atom. The van der Waals surface area contributed by atoms with Gasteiger partial charge in [0.25, 0.3) is 10.1 Å². The van der Waals surface area contributed by atoms with Crippen molar-refractivity contribution >= 4 is 26.9 Å². The molecule has 0 fully saturated rings. The highest BCUT2D eigenvalue weighted by Crippen LogP contribution is 2.38. The molecule has 4 aromatic rings. The van der Waals surface area contributed by atoms with E-state index in [1.54, 1.807) is 12.1 Å². The summed E-state index contributed by atoms with van der Waals surface area (Å²) in [6, 6.07) is 32.3. The average molecular weight is 548 g/mol. The number of fused-ring (bicyclic) bond motifs is 1. The molecule has 0 radical (unpaired) electrons. The Morgan fingerprint density at radius 1 is 0.872 bits per heavy atom. The van der Waals surface area contributed by atoms with Crippen LogP contribution in [0, 0.1) is 5.92 Å². The molecule has 0 saturated heterocycles. The number of hydrogen-bond donors (Lipinski definition) is 1. The molecule has 206 valence electrons. The van der Waals surface area contributed by atoms with Crippen LogP contribution in [-0.4, -0.2) is 44.5 Å². The molecule has 0 unspecified atom stereocenters. The van der Waals surface area contributed by atoms with E-state index in [1.165, 1.54) is 17.7 Å². The van der Waals surface area contributed by atoms with Crippen LogP contribution in [-0.2, 0) is 31.7 Å². The first-order valence-electron chi connectivity index (χ1n) is 13.0. The summed E-state index contributed by atoms with van der Waals surface area (Å²) in [6.45, 7) is 4.84. The molecule has 0 aromatic heterocycles. The van der Waals surface area contributed by atoms with Crippen molar-refractivity contribution in [2.24, 2.45) is 5.92 Å². The van der Waals surface area contributed by atoms with E-state index in [0.29, 0.717) is 12.8 Å². The van der Waals surface area contributed by atoms with Gasteiger partial charge >= 0.3 is 5.97 Å². The Balaban J connectivity index is 0.000000252. The quantitative estimate of drug-likeness (QED) is 0.194. The number of carbonyl (C=O) groups excluding carboxylic acids is 1. The Hall–Kier alpha value is -3.52. The molecule has 0 amide bonds. The second-order valence-corrected chi connectivity index (χ2v) is 11.3. The van der Waals surface area contributed by atoms with Crippen molar-refractivity contribution in [3.05, 3.63) is 114 Å². The van der Waals surface area contributed by atoms with Gasteiger partial charge in [-0.25, -0.2) is 0 Å². The smallest absolute Gasteiger partial charge is 0.306 e. The molecule has 39 heavy (non-hydrogen) atoms. The van der Waals surface area contributed by atoms with E-state index < -0.39 is 15.7 Å². The minimum atomic E-state index is -4.09. The summed E-state index contributed by atoms with van der Waals surface area (Å²) in [7, 11) is 0.00971. The first-order chi connectivity index (χ1) is 18.5. The largest absolute Gasteiger partial charge is 0.453 e. The van der Waals surface area contributed by atoms with Crippen molar-refractivity contribution in [2.45, 2.75) is 37.2 Å². The number of carbonyl (C=O) groups is 1. The Bertz CT molecular complexity index is 1460. The Morgan fingerprint density at radius 2 is 1.44 bits per heavy atom. The molecule has 0 aliphatic heterocycles. The average Bonchev–Trinajstić information content (AvgIpc) is 2.92. The fourth-order valence-corrected chi connectivity index (χ4v) is 5.19. The van der Waals surface area contributed by atoms with Gasteiger partial charge in [-0.05, 0) is 48.1 Å². The maximum atomic E-state index is 12.3. The lowest BCUT2D eigenvalue weighted by atomic mass is 9.77. The standard InChI is InChI=1S/C22H29NO2.C10H8O3S/c1-5-21(24)25-22(18(2)17-23(3)4,20-14-10-7-11-15-20)16-19-12-8-6-9-13-19;11-14(12,13)10-6-5-8-3-1-2-4-9(8)7-10/h6-15,18H,5,16-17H2,1-4H3;1-7H,(H,11,12,13)/t18-,22-;/m0./s1. The molecule has 0 heterocycles. The zero-order valence-electron chi connectivity index (χ0n) is 22.9. The molecule has 0 saturated carbocycles. The molecular formula is C32H37NO5S. The van der Waals surface area contributed by atoms with Crippen LogP contribution in [0.15, 0.2) is 108 Å². The fourth-order valence-electron chi connectivity index (χ4n) is 4.67. The Labute approximate surface area is 232 Å². The van der Waals surface area contributed by atoms with Gasteiger partial charge in [0, 0.05) is 25.3 Å². The second-order valence-electron chi connectivity index (χ2n) is 9.89. The van der Waals surface area contributed by atoms with Gasteiger partial charge in [0.05, 0.1) is 4.90 Å². The minimum Gasteiger partial charge on any atom is -0.453 e. The van der Waals surface area contributed by atoms with Gasteiger partial charge in [-0.15, -0.1) is 0 Å². The van der Waals surface area contributed by atoms with Crippen LogP contribution in [0.1, 0.15) is 31.4 Å². The monoisotopic (exact) mass is 547 g/mol. The van der Waals surface area contributed by atoms with Gasteiger partial charge in [-0.1, -0.05) is 105 Å². The maximum absolute atomic E-state index is 12.3. The number of nitrogens with zero attached hydrogens (tertiary/aromatic N) is 1. The predicted molar refractivity (Wildman–Crippen MR) is 156 cm³/mol. The highest BCUT2D eigenvalue weighted by molar-refractivity contribution is 7.85. The van der Waals surface area contributed by atoms with Crippen LogP contribution >= 0.6 is 0 Å². The van der Waals surface area contributed by atoms with Crippen molar-refractivity contribution in [2.75, 3.05) is 20.6 Å². The van der Waals surface area contributed by atoms with Gasteiger partial charge < -0.3 is 9.64 Å². The summed E-state index contributed by atoms with van der Waals surface area (Å²) in [5.41, 5.74) is 1.54. The highest BCUT2D eigenvalue weighted by Gasteiger charge is 2.42. The molecule has 4 aromatic carbocycles. The normalized spacial score (nSPS) is 13.7. The molecule has 6 nitrogen and oxygen atoms in total. The third-order valence-electron chi connectivity index (χ3n) is 6.61. The van der Waals surface area contributed by atoms with Crippen molar-refractivity contribution in [3.8, 4) is 0 Å². The summed E-state index contributed by atoms with van der Waals surface area (Å²) >= 11 is 0. The van der Waals surface area contributed by atoms with E-state index in [1.807, 2.05) is 61.5 Å². The van der Waals surface area contributed by atoms with Gasteiger partial charge in [0.2, 0.25) is 0 Å². The summed E-state index contributed by atoms with van der Waals surface area (Å²) in [6.07, 6.45) is 1.04. The second kappa shape index (κ2) is 13.5. The lowest BCUT2D eigenvalue weighted by Gasteiger charge is -2.40. The molecular weight excluding hydrogens is 510 g/mol. The van der Waals surface area contributed by atoms with Crippen molar-refractivity contribution < 1.29 is 22.5 Å². The first kappa shape index (κ1) is 30.0.